The summed E-state index contributed by atoms with van der Waals surface area (Å²) in [6.45, 7) is 2.88. The van der Waals surface area contributed by atoms with Crippen LogP contribution in [0.3, 0.4) is 0 Å². The van der Waals surface area contributed by atoms with Crippen LogP contribution in [0.5, 0.6) is 5.75 Å². The molecule has 0 radical (unpaired) electrons. The summed E-state index contributed by atoms with van der Waals surface area (Å²) in [4.78, 5) is 12.1. The number of hydrogen-bond donors (Lipinski definition) is 2. The molecular formula is C16H24ClFN2O2. The first kappa shape index (κ1) is 18.7. The number of carbonyl (C=O) groups is 1. The van der Waals surface area contributed by atoms with Gasteiger partial charge in [0.05, 0.1) is 6.54 Å². The van der Waals surface area contributed by atoms with Gasteiger partial charge in [-0.05, 0) is 56.5 Å². The molecule has 0 heterocycles. The fraction of sp³-hybridized carbons (Fsp3) is 0.562. The maximum absolute atomic E-state index is 12.8. The summed E-state index contributed by atoms with van der Waals surface area (Å²) in [5.41, 5.74) is 5.70. The Labute approximate surface area is 137 Å². The second kappa shape index (κ2) is 8.96. The number of nitrogens with one attached hydrogen (secondary N) is 1. The standard InChI is InChI=1S/C16H23FN2O2.ClH/c1-11(21-14-7-5-13(17)6-8-14)10-19-16(20)15-4-2-3-12(15)9-18;/h5-8,11-12,15H,2-4,9-10,18H2,1H3,(H,19,20);1H/t11?,12-,15-;/m1./s1. The molecule has 3 N–H and O–H groups in total. The van der Waals surface area contributed by atoms with Crippen molar-refractivity contribution in [2.75, 3.05) is 13.1 Å². The van der Waals surface area contributed by atoms with Crippen LogP contribution in [0, 0.1) is 17.7 Å². The smallest absolute Gasteiger partial charge is 0.223 e. The third-order valence-electron chi connectivity index (χ3n) is 4.01. The van der Waals surface area contributed by atoms with Gasteiger partial charge in [-0.1, -0.05) is 6.42 Å². The molecule has 0 saturated heterocycles. The Kier molecular flexibility index (Phi) is 7.62. The molecule has 6 heteroatoms. The summed E-state index contributed by atoms with van der Waals surface area (Å²) in [5.74, 6) is 0.708. The van der Waals surface area contributed by atoms with Gasteiger partial charge in [-0.2, -0.15) is 0 Å². The fourth-order valence-electron chi connectivity index (χ4n) is 2.83. The zero-order chi connectivity index (χ0) is 15.2. The minimum absolute atomic E-state index is 0. The van der Waals surface area contributed by atoms with Crippen molar-refractivity contribution in [3.8, 4) is 5.75 Å². The van der Waals surface area contributed by atoms with E-state index in [1.165, 1.54) is 12.1 Å². The SMILES string of the molecule is CC(CNC(=O)[C@@H]1CCC[C@@H]1CN)Oc1ccc(F)cc1.Cl. The van der Waals surface area contributed by atoms with Gasteiger partial charge >= 0.3 is 0 Å². The molecule has 1 unspecified atom stereocenters. The maximum Gasteiger partial charge on any atom is 0.223 e. The van der Waals surface area contributed by atoms with Crippen LogP contribution in [0.25, 0.3) is 0 Å². The highest BCUT2D eigenvalue weighted by molar-refractivity contribution is 5.85. The molecule has 22 heavy (non-hydrogen) atoms. The van der Waals surface area contributed by atoms with E-state index >= 15 is 0 Å². The van der Waals surface area contributed by atoms with Crippen molar-refractivity contribution in [1.82, 2.24) is 5.32 Å². The molecule has 1 aromatic carbocycles. The molecule has 1 aliphatic carbocycles. The minimum Gasteiger partial charge on any atom is -0.489 e. The quantitative estimate of drug-likeness (QED) is 0.842. The summed E-state index contributed by atoms with van der Waals surface area (Å²) in [6.07, 6.45) is 2.86. The molecule has 0 aliphatic heterocycles. The predicted molar refractivity (Wildman–Crippen MR) is 86.6 cm³/mol. The first-order chi connectivity index (χ1) is 10.1. The van der Waals surface area contributed by atoms with Gasteiger partial charge in [0.2, 0.25) is 5.91 Å². The van der Waals surface area contributed by atoms with Gasteiger partial charge in [-0.3, -0.25) is 4.79 Å². The van der Waals surface area contributed by atoms with E-state index in [4.69, 9.17) is 10.5 Å². The van der Waals surface area contributed by atoms with Crippen LogP contribution in [-0.4, -0.2) is 25.1 Å². The van der Waals surface area contributed by atoms with Crippen molar-refractivity contribution < 1.29 is 13.9 Å². The monoisotopic (exact) mass is 330 g/mol. The maximum atomic E-state index is 12.8. The average Bonchev–Trinajstić information content (AvgIpc) is 2.96. The molecular weight excluding hydrogens is 307 g/mol. The Morgan fingerprint density at radius 2 is 2.09 bits per heavy atom. The zero-order valence-corrected chi connectivity index (χ0v) is 13.6. The number of amides is 1. The van der Waals surface area contributed by atoms with E-state index in [9.17, 15) is 9.18 Å². The van der Waals surface area contributed by atoms with Crippen molar-refractivity contribution in [2.24, 2.45) is 17.6 Å². The Balaban J connectivity index is 0.00000242. The summed E-state index contributed by atoms with van der Waals surface area (Å²) in [6, 6.07) is 5.86. The van der Waals surface area contributed by atoms with E-state index in [2.05, 4.69) is 5.32 Å². The number of benzene rings is 1. The Bertz CT molecular complexity index is 470. The first-order valence-electron chi connectivity index (χ1n) is 7.50. The highest BCUT2D eigenvalue weighted by Gasteiger charge is 2.31. The average molecular weight is 331 g/mol. The van der Waals surface area contributed by atoms with Crippen LogP contribution >= 0.6 is 12.4 Å². The lowest BCUT2D eigenvalue weighted by Gasteiger charge is -2.20. The molecule has 0 bridgehead atoms. The molecule has 1 aliphatic rings. The van der Waals surface area contributed by atoms with Gasteiger partial charge in [0.25, 0.3) is 0 Å². The van der Waals surface area contributed by atoms with Gasteiger partial charge in [0.1, 0.15) is 17.7 Å². The molecule has 2 rings (SSSR count). The molecule has 0 aromatic heterocycles. The van der Waals surface area contributed by atoms with E-state index in [0.29, 0.717) is 24.8 Å². The molecule has 4 nitrogen and oxygen atoms in total. The lowest BCUT2D eigenvalue weighted by Crippen LogP contribution is -2.39. The van der Waals surface area contributed by atoms with Crippen LogP contribution in [0.15, 0.2) is 24.3 Å². The van der Waals surface area contributed by atoms with Gasteiger partial charge in [0, 0.05) is 5.92 Å². The van der Waals surface area contributed by atoms with E-state index < -0.39 is 0 Å². The van der Waals surface area contributed by atoms with E-state index in [0.717, 1.165) is 19.3 Å². The van der Waals surface area contributed by atoms with Gasteiger partial charge in [-0.15, -0.1) is 12.4 Å². The molecule has 3 atom stereocenters. The summed E-state index contributed by atoms with van der Waals surface area (Å²) in [5, 5.41) is 2.93. The third-order valence-corrected chi connectivity index (χ3v) is 4.01. The Morgan fingerprint density at radius 3 is 2.73 bits per heavy atom. The lowest BCUT2D eigenvalue weighted by molar-refractivity contribution is -0.126. The molecule has 1 saturated carbocycles. The molecule has 1 aromatic rings. The van der Waals surface area contributed by atoms with Crippen LogP contribution in [-0.2, 0) is 4.79 Å². The van der Waals surface area contributed by atoms with Crippen LogP contribution in [0.2, 0.25) is 0 Å². The summed E-state index contributed by atoms with van der Waals surface area (Å²) in [7, 11) is 0. The van der Waals surface area contributed by atoms with E-state index in [1.54, 1.807) is 12.1 Å². The predicted octanol–water partition coefficient (Wildman–Crippen LogP) is 2.51. The molecule has 124 valence electrons. The zero-order valence-electron chi connectivity index (χ0n) is 12.8. The topological polar surface area (TPSA) is 64.4 Å². The number of nitrogens with two attached hydrogens (primary N) is 1. The number of hydrogen-bond acceptors (Lipinski definition) is 3. The minimum atomic E-state index is -0.294. The van der Waals surface area contributed by atoms with Crippen molar-refractivity contribution >= 4 is 18.3 Å². The highest BCUT2D eigenvalue weighted by Crippen LogP contribution is 2.30. The van der Waals surface area contributed by atoms with E-state index in [1.807, 2.05) is 6.92 Å². The normalized spacial score (nSPS) is 21.8. The van der Waals surface area contributed by atoms with E-state index in [-0.39, 0.29) is 36.2 Å². The second-order valence-corrected chi connectivity index (χ2v) is 5.66. The number of carbonyl (C=O) groups excluding carboxylic acids is 1. The molecule has 0 spiro atoms. The number of halogens is 2. The van der Waals surface area contributed by atoms with Crippen LogP contribution in [0.4, 0.5) is 4.39 Å². The third kappa shape index (κ3) is 5.14. The van der Waals surface area contributed by atoms with Crippen LogP contribution < -0.4 is 15.8 Å². The van der Waals surface area contributed by atoms with Crippen molar-refractivity contribution in [2.45, 2.75) is 32.3 Å². The highest BCUT2D eigenvalue weighted by atomic mass is 35.5. The fourth-order valence-corrected chi connectivity index (χ4v) is 2.83. The largest absolute Gasteiger partial charge is 0.489 e. The van der Waals surface area contributed by atoms with Gasteiger partial charge < -0.3 is 15.8 Å². The number of rotatable bonds is 6. The van der Waals surface area contributed by atoms with Crippen LogP contribution in [0.1, 0.15) is 26.2 Å². The first-order valence-corrected chi connectivity index (χ1v) is 7.50. The molecule has 1 amide bonds. The Morgan fingerprint density at radius 1 is 1.41 bits per heavy atom. The van der Waals surface area contributed by atoms with Gasteiger partial charge in [0.15, 0.2) is 0 Å². The second-order valence-electron chi connectivity index (χ2n) is 5.66. The summed E-state index contributed by atoms with van der Waals surface area (Å²) < 4.78 is 18.4. The van der Waals surface area contributed by atoms with Gasteiger partial charge in [-0.25, -0.2) is 4.39 Å². The van der Waals surface area contributed by atoms with Crippen molar-refractivity contribution in [3.63, 3.8) is 0 Å². The van der Waals surface area contributed by atoms with Crippen molar-refractivity contribution in [3.05, 3.63) is 30.1 Å². The Hall–Kier alpha value is -1.33. The lowest BCUT2D eigenvalue weighted by atomic mass is 9.95. The number of ether oxygens (including phenoxy) is 1. The summed E-state index contributed by atoms with van der Waals surface area (Å²) >= 11 is 0. The molecule has 1 fully saturated rings. The van der Waals surface area contributed by atoms with Crippen molar-refractivity contribution in [1.29, 1.82) is 0 Å².